The van der Waals surface area contributed by atoms with E-state index in [1.54, 1.807) is 12.1 Å². The van der Waals surface area contributed by atoms with Gasteiger partial charge in [0.25, 0.3) is 0 Å². The largest absolute Gasteiger partial charge is 0.456 e. The highest BCUT2D eigenvalue weighted by molar-refractivity contribution is 9.10. The Hall–Kier alpha value is -1.63. The maximum atomic E-state index is 12.3. The van der Waals surface area contributed by atoms with E-state index in [0.29, 0.717) is 42.2 Å². The van der Waals surface area contributed by atoms with Crippen LogP contribution >= 0.6 is 15.9 Å². The Bertz CT molecular complexity index is 647. The van der Waals surface area contributed by atoms with Gasteiger partial charge >= 0.3 is 5.97 Å². The molecule has 0 unspecified atom stereocenters. The molecule has 1 aromatic rings. The minimum Gasteiger partial charge on any atom is -0.456 e. The van der Waals surface area contributed by atoms with Gasteiger partial charge in [-0.05, 0) is 48.8 Å². The van der Waals surface area contributed by atoms with Gasteiger partial charge in [0.2, 0.25) is 5.91 Å². The second kappa shape index (κ2) is 7.72. The van der Waals surface area contributed by atoms with Crippen molar-refractivity contribution in [2.75, 3.05) is 31.1 Å². The van der Waals surface area contributed by atoms with Crippen LogP contribution in [0.3, 0.4) is 0 Å². The molecule has 0 saturated carbocycles. The van der Waals surface area contributed by atoms with Gasteiger partial charge in [-0.3, -0.25) is 4.79 Å². The van der Waals surface area contributed by atoms with E-state index in [1.165, 1.54) is 0 Å². The van der Waals surface area contributed by atoms with Crippen LogP contribution in [0, 0.1) is 5.92 Å². The topological polar surface area (TPSA) is 62.7 Å². The fourth-order valence-electron chi connectivity index (χ4n) is 2.62. The molecule has 1 saturated heterocycles. The Balaban J connectivity index is 2.11. The Kier molecular flexibility index (Phi) is 6.08. The number of hydrogen-bond donors (Lipinski definition) is 0. The highest BCUT2D eigenvalue weighted by atomic mass is 79.9. The monoisotopic (exact) mass is 411 g/mol. The molecule has 1 aliphatic heterocycles. The zero-order chi connectivity index (χ0) is 18.8. The number of hydrogen-bond acceptors (Lipinski definition) is 5. The standard InChI is InChI=1S/C18H26BrN3O3/c1-12(2)16(23)22-8-6-21(7-9-22)15-11-13(10-14(19)20-15)17(24)25-18(3,4)5/h10-12H,6-9H2,1-5H3. The van der Waals surface area contributed by atoms with Crippen LogP contribution in [0.2, 0.25) is 0 Å². The summed E-state index contributed by atoms with van der Waals surface area (Å²) >= 11 is 3.37. The molecule has 0 aromatic carbocycles. The van der Waals surface area contributed by atoms with Crippen molar-refractivity contribution in [2.45, 2.75) is 40.2 Å². The smallest absolute Gasteiger partial charge is 0.338 e. The first kappa shape index (κ1) is 19.7. The summed E-state index contributed by atoms with van der Waals surface area (Å²) in [4.78, 5) is 32.9. The molecule has 0 bridgehead atoms. The van der Waals surface area contributed by atoms with Gasteiger partial charge in [-0.25, -0.2) is 9.78 Å². The van der Waals surface area contributed by atoms with Crippen LogP contribution in [-0.2, 0) is 9.53 Å². The number of amides is 1. The predicted molar refractivity (Wildman–Crippen MR) is 101 cm³/mol. The lowest BCUT2D eigenvalue weighted by Crippen LogP contribution is -2.50. The Morgan fingerprint density at radius 3 is 2.28 bits per heavy atom. The average molecular weight is 412 g/mol. The number of aromatic nitrogens is 1. The number of carbonyl (C=O) groups excluding carboxylic acids is 2. The van der Waals surface area contributed by atoms with Crippen LogP contribution in [0.25, 0.3) is 0 Å². The van der Waals surface area contributed by atoms with Crippen molar-refractivity contribution in [3.05, 3.63) is 22.3 Å². The number of halogens is 1. The van der Waals surface area contributed by atoms with Crippen LogP contribution in [-0.4, -0.2) is 53.5 Å². The molecule has 2 heterocycles. The minimum atomic E-state index is -0.546. The summed E-state index contributed by atoms with van der Waals surface area (Å²) in [7, 11) is 0. The lowest BCUT2D eigenvalue weighted by Gasteiger charge is -2.36. The van der Waals surface area contributed by atoms with Crippen molar-refractivity contribution >= 4 is 33.6 Å². The molecule has 6 nitrogen and oxygen atoms in total. The summed E-state index contributed by atoms with van der Waals surface area (Å²) in [5.74, 6) is 0.531. The van der Waals surface area contributed by atoms with Gasteiger partial charge in [0, 0.05) is 32.1 Å². The van der Waals surface area contributed by atoms with Gasteiger partial charge in [0.05, 0.1) is 5.56 Å². The van der Waals surface area contributed by atoms with Crippen LogP contribution in [0.15, 0.2) is 16.7 Å². The quantitative estimate of drug-likeness (QED) is 0.564. The highest BCUT2D eigenvalue weighted by Crippen LogP contribution is 2.22. The molecule has 0 N–H and O–H groups in total. The van der Waals surface area contributed by atoms with Crippen LogP contribution in [0.4, 0.5) is 5.82 Å². The van der Waals surface area contributed by atoms with E-state index in [9.17, 15) is 9.59 Å². The van der Waals surface area contributed by atoms with Gasteiger partial charge in [0.1, 0.15) is 16.0 Å². The third-order valence-electron chi connectivity index (χ3n) is 3.82. The first-order valence-corrected chi connectivity index (χ1v) is 9.31. The number of nitrogens with zero attached hydrogens (tertiary/aromatic N) is 3. The molecule has 25 heavy (non-hydrogen) atoms. The fourth-order valence-corrected chi connectivity index (χ4v) is 3.05. The van der Waals surface area contributed by atoms with E-state index in [-0.39, 0.29) is 17.8 Å². The summed E-state index contributed by atoms with van der Waals surface area (Å²) in [6, 6.07) is 3.41. The number of carbonyl (C=O) groups is 2. The molecule has 1 amide bonds. The molecule has 1 aliphatic rings. The molecule has 138 valence electrons. The van der Waals surface area contributed by atoms with E-state index in [0.717, 1.165) is 0 Å². The first-order valence-electron chi connectivity index (χ1n) is 8.51. The summed E-state index contributed by atoms with van der Waals surface area (Å²) in [5, 5.41) is 0. The summed E-state index contributed by atoms with van der Waals surface area (Å²) in [5.41, 5.74) is -0.0805. The maximum Gasteiger partial charge on any atom is 0.338 e. The molecular formula is C18H26BrN3O3. The van der Waals surface area contributed by atoms with Crippen molar-refractivity contribution < 1.29 is 14.3 Å². The lowest BCUT2D eigenvalue weighted by molar-refractivity contribution is -0.134. The fraction of sp³-hybridized carbons (Fsp3) is 0.611. The SMILES string of the molecule is CC(C)C(=O)N1CCN(c2cc(C(=O)OC(C)(C)C)cc(Br)n2)CC1. The molecule has 0 atom stereocenters. The number of rotatable bonds is 3. The van der Waals surface area contributed by atoms with Gasteiger partial charge in [-0.1, -0.05) is 13.8 Å². The summed E-state index contributed by atoms with van der Waals surface area (Å²) < 4.78 is 6.03. The van der Waals surface area contributed by atoms with E-state index in [2.05, 4.69) is 25.8 Å². The zero-order valence-electron chi connectivity index (χ0n) is 15.5. The molecule has 0 radical (unpaired) electrons. The van der Waals surface area contributed by atoms with Gasteiger partial charge < -0.3 is 14.5 Å². The van der Waals surface area contributed by atoms with Crippen LogP contribution in [0.5, 0.6) is 0 Å². The number of anilines is 1. The molecule has 7 heteroatoms. The first-order chi connectivity index (χ1) is 11.6. The van der Waals surface area contributed by atoms with Crippen molar-refractivity contribution in [1.82, 2.24) is 9.88 Å². The van der Waals surface area contributed by atoms with Gasteiger partial charge in [-0.2, -0.15) is 0 Å². The normalized spacial score (nSPS) is 15.5. The second-order valence-electron chi connectivity index (χ2n) is 7.51. The Labute approximate surface area is 157 Å². The minimum absolute atomic E-state index is 0.00863. The van der Waals surface area contributed by atoms with Crippen molar-refractivity contribution in [1.29, 1.82) is 0 Å². The zero-order valence-corrected chi connectivity index (χ0v) is 17.1. The average Bonchev–Trinajstić information content (AvgIpc) is 2.52. The third kappa shape index (κ3) is 5.42. The van der Waals surface area contributed by atoms with Crippen LogP contribution < -0.4 is 4.90 Å². The molecule has 1 aromatic heterocycles. The molecule has 1 fully saturated rings. The number of esters is 1. The Morgan fingerprint density at radius 1 is 1.16 bits per heavy atom. The Morgan fingerprint density at radius 2 is 1.76 bits per heavy atom. The third-order valence-corrected chi connectivity index (χ3v) is 4.23. The van der Waals surface area contributed by atoms with E-state index in [1.807, 2.05) is 39.5 Å². The molecular weight excluding hydrogens is 386 g/mol. The number of piperazine rings is 1. The number of ether oxygens (including phenoxy) is 1. The molecule has 0 spiro atoms. The predicted octanol–water partition coefficient (Wildman–Crippen LogP) is 3.10. The van der Waals surface area contributed by atoms with Crippen molar-refractivity contribution in [3.8, 4) is 0 Å². The number of pyridine rings is 1. The molecule has 2 rings (SSSR count). The van der Waals surface area contributed by atoms with E-state index in [4.69, 9.17) is 4.74 Å². The maximum absolute atomic E-state index is 12.3. The van der Waals surface area contributed by atoms with E-state index >= 15 is 0 Å². The van der Waals surface area contributed by atoms with Crippen molar-refractivity contribution in [2.24, 2.45) is 5.92 Å². The van der Waals surface area contributed by atoms with Gasteiger partial charge in [0.15, 0.2) is 0 Å². The van der Waals surface area contributed by atoms with Crippen molar-refractivity contribution in [3.63, 3.8) is 0 Å². The second-order valence-corrected chi connectivity index (χ2v) is 8.32. The summed E-state index contributed by atoms with van der Waals surface area (Å²) in [6.45, 7) is 12.0. The van der Waals surface area contributed by atoms with E-state index < -0.39 is 5.60 Å². The van der Waals surface area contributed by atoms with Crippen LogP contribution in [0.1, 0.15) is 45.0 Å². The lowest BCUT2D eigenvalue weighted by atomic mass is 10.1. The highest BCUT2D eigenvalue weighted by Gasteiger charge is 2.25. The summed E-state index contributed by atoms with van der Waals surface area (Å²) in [6.07, 6.45) is 0. The van der Waals surface area contributed by atoms with Gasteiger partial charge in [-0.15, -0.1) is 0 Å². The molecule has 0 aliphatic carbocycles.